The van der Waals surface area contributed by atoms with Crippen molar-refractivity contribution in [1.82, 2.24) is 19.3 Å². The van der Waals surface area contributed by atoms with Crippen LogP contribution < -0.4 is 0 Å². The highest BCUT2D eigenvalue weighted by Crippen LogP contribution is 2.41. The number of thiophene rings is 1. The molecule has 2 aliphatic heterocycles. The first-order valence-corrected chi connectivity index (χ1v) is 13.0. The van der Waals surface area contributed by atoms with E-state index < -0.39 is 10.0 Å². The molecule has 2 saturated heterocycles. The lowest BCUT2D eigenvalue weighted by atomic mass is 9.98. The van der Waals surface area contributed by atoms with Crippen molar-refractivity contribution in [3.63, 3.8) is 0 Å². The number of carbonyl (C=O) groups is 1. The molecular formula is C20H26N4O5S2. The first-order valence-electron chi connectivity index (χ1n) is 10.7. The molecule has 2 aromatic rings. The van der Waals surface area contributed by atoms with Crippen molar-refractivity contribution in [2.24, 2.45) is 5.92 Å². The summed E-state index contributed by atoms with van der Waals surface area (Å²) in [6.45, 7) is 4.66. The Morgan fingerprint density at radius 3 is 2.71 bits per heavy atom. The van der Waals surface area contributed by atoms with E-state index in [1.165, 1.54) is 15.6 Å². The number of ether oxygens (including phenoxy) is 1. The van der Waals surface area contributed by atoms with Crippen LogP contribution in [-0.2, 0) is 19.6 Å². The van der Waals surface area contributed by atoms with Gasteiger partial charge in [-0.25, -0.2) is 8.42 Å². The summed E-state index contributed by atoms with van der Waals surface area (Å²) < 4.78 is 39.0. The third-order valence-corrected chi connectivity index (χ3v) is 9.30. The standard InChI is InChI=1S/C20H26N4O5S2/c1-13-17(11-16(30-13)18-21-19(29-22-18)14-4-5-14)31(26,27)24-6-2-3-15(12-24)20(25)23-7-9-28-10-8-23/h11,14-15H,2-10,12H2,1H3/t15-/m0/s1. The van der Waals surface area contributed by atoms with Gasteiger partial charge in [-0.1, -0.05) is 5.16 Å². The highest BCUT2D eigenvalue weighted by molar-refractivity contribution is 7.89. The van der Waals surface area contributed by atoms with E-state index in [0.717, 1.165) is 12.8 Å². The molecule has 2 aromatic heterocycles. The topological polar surface area (TPSA) is 106 Å². The van der Waals surface area contributed by atoms with Crippen LogP contribution in [0.4, 0.5) is 0 Å². The zero-order valence-corrected chi connectivity index (χ0v) is 19.1. The molecule has 1 atom stereocenters. The quantitative estimate of drug-likeness (QED) is 0.665. The van der Waals surface area contributed by atoms with Crippen LogP contribution in [-0.4, -0.2) is 73.1 Å². The van der Waals surface area contributed by atoms with Crippen molar-refractivity contribution < 1.29 is 22.5 Å². The van der Waals surface area contributed by atoms with Crippen molar-refractivity contribution >= 4 is 27.3 Å². The number of piperidine rings is 1. The number of aromatic nitrogens is 2. The molecule has 4 heterocycles. The van der Waals surface area contributed by atoms with Crippen LogP contribution in [0.25, 0.3) is 10.7 Å². The lowest BCUT2D eigenvalue weighted by molar-refractivity contribution is -0.140. The van der Waals surface area contributed by atoms with Gasteiger partial charge in [0.1, 0.15) is 0 Å². The second kappa shape index (κ2) is 8.27. The zero-order chi connectivity index (χ0) is 21.6. The van der Waals surface area contributed by atoms with Gasteiger partial charge in [0.2, 0.25) is 27.6 Å². The predicted octanol–water partition coefficient (Wildman–Crippen LogP) is 2.24. The molecule has 0 N–H and O–H groups in total. The zero-order valence-electron chi connectivity index (χ0n) is 17.4. The minimum absolute atomic E-state index is 0.0327. The molecule has 3 fully saturated rings. The third-order valence-electron chi connectivity index (χ3n) is 6.13. The van der Waals surface area contributed by atoms with Crippen LogP contribution in [0.5, 0.6) is 0 Å². The molecule has 1 amide bonds. The number of aryl methyl sites for hydroxylation is 1. The third kappa shape index (κ3) is 4.15. The van der Waals surface area contributed by atoms with E-state index in [1.807, 2.05) is 0 Å². The number of morpholine rings is 1. The Hall–Kier alpha value is -1.82. The van der Waals surface area contributed by atoms with Gasteiger partial charge >= 0.3 is 0 Å². The molecule has 0 radical (unpaired) electrons. The van der Waals surface area contributed by atoms with Crippen molar-refractivity contribution in [2.45, 2.75) is 43.4 Å². The van der Waals surface area contributed by atoms with Crippen LogP contribution in [0, 0.1) is 12.8 Å². The molecule has 31 heavy (non-hydrogen) atoms. The smallest absolute Gasteiger partial charge is 0.244 e. The maximum Gasteiger partial charge on any atom is 0.244 e. The maximum absolute atomic E-state index is 13.4. The van der Waals surface area contributed by atoms with Crippen LogP contribution in [0.15, 0.2) is 15.5 Å². The molecule has 0 spiro atoms. The van der Waals surface area contributed by atoms with Gasteiger partial charge < -0.3 is 14.2 Å². The van der Waals surface area contributed by atoms with E-state index in [-0.39, 0.29) is 23.3 Å². The van der Waals surface area contributed by atoms with Crippen molar-refractivity contribution in [1.29, 1.82) is 0 Å². The van der Waals surface area contributed by atoms with Crippen LogP contribution in [0.2, 0.25) is 0 Å². The Balaban J connectivity index is 1.34. The van der Waals surface area contributed by atoms with Crippen molar-refractivity contribution in [3.8, 4) is 10.7 Å². The van der Waals surface area contributed by atoms with Crippen molar-refractivity contribution in [2.75, 3.05) is 39.4 Å². The molecule has 5 rings (SSSR count). The molecule has 168 valence electrons. The first-order chi connectivity index (χ1) is 14.9. The molecule has 0 unspecified atom stereocenters. The Bertz CT molecular complexity index is 1070. The predicted molar refractivity (Wildman–Crippen MR) is 113 cm³/mol. The number of hydrogen-bond acceptors (Lipinski definition) is 8. The summed E-state index contributed by atoms with van der Waals surface area (Å²) in [7, 11) is -3.71. The minimum atomic E-state index is -3.71. The van der Waals surface area contributed by atoms with Crippen molar-refractivity contribution in [3.05, 3.63) is 16.8 Å². The normalized spacial score (nSPS) is 23.3. The van der Waals surface area contributed by atoms with E-state index in [1.54, 1.807) is 17.9 Å². The number of hydrogen-bond donors (Lipinski definition) is 0. The van der Waals surface area contributed by atoms with Crippen LogP contribution >= 0.6 is 11.3 Å². The Morgan fingerprint density at radius 1 is 1.19 bits per heavy atom. The summed E-state index contributed by atoms with van der Waals surface area (Å²) in [4.78, 5) is 20.8. The first kappa shape index (κ1) is 21.0. The van der Waals surface area contributed by atoms with Gasteiger partial charge in [-0.2, -0.15) is 9.29 Å². The Morgan fingerprint density at radius 2 is 1.97 bits per heavy atom. The summed E-state index contributed by atoms with van der Waals surface area (Å²) in [6, 6.07) is 1.64. The fourth-order valence-corrected chi connectivity index (χ4v) is 7.22. The second-order valence-corrected chi connectivity index (χ2v) is 11.6. The summed E-state index contributed by atoms with van der Waals surface area (Å²) in [5.41, 5.74) is 0. The minimum Gasteiger partial charge on any atom is -0.378 e. The van der Waals surface area contributed by atoms with Gasteiger partial charge in [-0.3, -0.25) is 4.79 Å². The highest BCUT2D eigenvalue weighted by Gasteiger charge is 2.37. The Kier molecular flexibility index (Phi) is 5.61. The van der Waals surface area contributed by atoms with Gasteiger partial charge in [0.05, 0.1) is 28.9 Å². The monoisotopic (exact) mass is 466 g/mol. The summed E-state index contributed by atoms with van der Waals surface area (Å²) in [6.07, 6.45) is 3.50. The van der Waals surface area contributed by atoms with Gasteiger partial charge in [0, 0.05) is 37.0 Å². The largest absolute Gasteiger partial charge is 0.378 e. The van der Waals surface area contributed by atoms with E-state index >= 15 is 0 Å². The highest BCUT2D eigenvalue weighted by atomic mass is 32.2. The lowest BCUT2D eigenvalue weighted by Gasteiger charge is -2.35. The SMILES string of the molecule is Cc1sc(-c2noc(C3CC3)n2)cc1S(=O)(=O)N1CCC[C@H](C(=O)N2CCOCC2)C1. The van der Waals surface area contributed by atoms with E-state index in [9.17, 15) is 13.2 Å². The molecule has 3 aliphatic rings. The lowest BCUT2D eigenvalue weighted by Crippen LogP contribution is -2.49. The van der Waals surface area contributed by atoms with Crippen LogP contribution in [0.1, 0.15) is 42.4 Å². The van der Waals surface area contributed by atoms with Gasteiger partial charge in [-0.05, 0) is 38.7 Å². The summed E-state index contributed by atoms with van der Waals surface area (Å²) in [5, 5.41) is 4.04. The number of rotatable bonds is 5. The molecular weight excluding hydrogens is 440 g/mol. The van der Waals surface area contributed by atoms with Gasteiger partial charge in [0.25, 0.3) is 0 Å². The summed E-state index contributed by atoms with van der Waals surface area (Å²) in [5.74, 6) is 1.14. The maximum atomic E-state index is 13.4. The molecule has 1 aliphatic carbocycles. The Labute approximate surface area is 185 Å². The fraction of sp³-hybridized carbons (Fsp3) is 0.650. The van der Waals surface area contributed by atoms with E-state index in [0.29, 0.717) is 73.1 Å². The fourth-order valence-electron chi connectivity index (χ4n) is 4.21. The molecule has 0 bridgehead atoms. The van der Waals surface area contributed by atoms with Crippen LogP contribution in [0.3, 0.4) is 0 Å². The number of sulfonamides is 1. The van der Waals surface area contributed by atoms with E-state index in [2.05, 4.69) is 10.1 Å². The molecule has 9 nitrogen and oxygen atoms in total. The average molecular weight is 467 g/mol. The number of amides is 1. The summed E-state index contributed by atoms with van der Waals surface area (Å²) >= 11 is 1.35. The molecule has 11 heteroatoms. The van der Waals surface area contributed by atoms with Gasteiger partial charge in [0.15, 0.2) is 0 Å². The molecule has 1 saturated carbocycles. The van der Waals surface area contributed by atoms with Gasteiger partial charge in [-0.15, -0.1) is 11.3 Å². The average Bonchev–Trinajstić information content (AvgIpc) is 3.38. The number of carbonyl (C=O) groups excluding carboxylic acids is 1. The second-order valence-electron chi connectivity index (χ2n) is 8.40. The number of nitrogens with zero attached hydrogens (tertiary/aromatic N) is 4. The molecule has 0 aromatic carbocycles. The van der Waals surface area contributed by atoms with E-state index in [4.69, 9.17) is 9.26 Å².